The minimum absolute atomic E-state index is 0.00512. The normalized spacial score (nSPS) is 11.3. The first-order chi connectivity index (χ1) is 11.3. The molecule has 0 radical (unpaired) electrons. The van der Waals surface area contributed by atoms with Crippen molar-refractivity contribution in [3.63, 3.8) is 0 Å². The molecule has 0 heterocycles. The Morgan fingerprint density at radius 3 is 2.33 bits per heavy atom. The lowest BCUT2D eigenvalue weighted by molar-refractivity contribution is 0.0692. The molecule has 0 aromatic heterocycles. The molecule has 0 fully saturated rings. The number of aromatic carboxylic acids is 1. The van der Waals surface area contributed by atoms with Gasteiger partial charge >= 0.3 is 5.97 Å². The van der Waals surface area contributed by atoms with Crippen LogP contribution >= 0.6 is 23.2 Å². The molecular formula is C18H18Cl2O4. The molecular weight excluding hydrogens is 351 g/mol. The number of carboxylic acids is 1. The van der Waals surface area contributed by atoms with Crippen molar-refractivity contribution in [2.75, 3.05) is 12.5 Å². The van der Waals surface area contributed by atoms with Crippen LogP contribution in [0.2, 0.25) is 5.02 Å². The van der Waals surface area contributed by atoms with E-state index in [1.165, 1.54) is 0 Å². The van der Waals surface area contributed by atoms with Gasteiger partial charge in [-0.2, -0.15) is 0 Å². The molecule has 0 aliphatic carbocycles. The van der Waals surface area contributed by atoms with Crippen molar-refractivity contribution in [3.05, 3.63) is 58.1 Å². The third-order valence-electron chi connectivity index (χ3n) is 3.91. The number of rotatable bonds is 6. The average molecular weight is 369 g/mol. The van der Waals surface area contributed by atoms with Gasteiger partial charge in [-0.1, -0.05) is 37.6 Å². The number of hydrogen-bond acceptors (Lipinski definition) is 3. The number of phenolic OH excluding ortho intramolecular Hbond substituents is 1. The van der Waals surface area contributed by atoms with E-state index < -0.39 is 11.4 Å². The summed E-state index contributed by atoms with van der Waals surface area (Å²) in [5, 5.41) is 19.2. The molecule has 24 heavy (non-hydrogen) atoms. The molecule has 2 rings (SSSR count). The van der Waals surface area contributed by atoms with Crippen LogP contribution in [0, 0.1) is 0 Å². The van der Waals surface area contributed by atoms with Gasteiger partial charge in [0, 0.05) is 5.41 Å². The summed E-state index contributed by atoms with van der Waals surface area (Å²) in [6.45, 7) is 4.08. The zero-order valence-corrected chi connectivity index (χ0v) is 14.9. The molecule has 0 saturated carbocycles. The van der Waals surface area contributed by atoms with Gasteiger partial charge in [-0.15, -0.1) is 11.6 Å². The quantitative estimate of drug-likeness (QED) is 0.725. The lowest BCUT2D eigenvalue weighted by Crippen LogP contribution is -2.20. The largest absolute Gasteiger partial charge is 0.508 e. The van der Waals surface area contributed by atoms with Gasteiger partial charge < -0.3 is 14.9 Å². The van der Waals surface area contributed by atoms with E-state index in [-0.39, 0.29) is 34.6 Å². The van der Waals surface area contributed by atoms with Crippen LogP contribution in [0.5, 0.6) is 11.5 Å². The summed E-state index contributed by atoms with van der Waals surface area (Å²) >= 11 is 11.9. The van der Waals surface area contributed by atoms with Crippen LogP contribution in [0.25, 0.3) is 0 Å². The minimum atomic E-state index is -1.12. The van der Waals surface area contributed by atoms with E-state index in [0.29, 0.717) is 0 Å². The van der Waals surface area contributed by atoms with E-state index in [9.17, 15) is 15.0 Å². The number of aromatic hydroxyl groups is 1. The first kappa shape index (κ1) is 18.4. The van der Waals surface area contributed by atoms with E-state index >= 15 is 0 Å². The Morgan fingerprint density at radius 2 is 1.79 bits per heavy atom. The molecule has 0 amide bonds. The molecule has 0 saturated heterocycles. The highest BCUT2D eigenvalue weighted by Gasteiger charge is 2.27. The minimum Gasteiger partial charge on any atom is -0.508 e. The van der Waals surface area contributed by atoms with E-state index in [4.69, 9.17) is 27.9 Å². The van der Waals surface area contributed by atoms with Crippen LogP contribution in [-0.4, -0.2) is 28.7 Å². The monoisotopic (exact) mass is 368 g/mol. The van der Waals surface area contributed by atoms with Gasteiger partial charge in [0.1, 0.15) is 17.9 Å². The Balaban J connectivity index is 2.54. The highest BCUT2D eigenvalue weighted by Crippen LogP contribution is 2.38. The molecule has 6 heteroatoms. The fraction of sp³-hybridized carbons (Fsp3) is 0.278. The van der Waals surface area contributed by atoms with Crippen LogP contribution in [0.1, 0.15) is 35.3 Å². The van der Waals surface area contributed by atoms with Crippen LogP contribution < -0.4 is 4.74 Å². The van der Waals surface area contributed by atoms with Crippen molar-refractivity contribution in [1.82, 2.24) is 0 Å². The number of phenols is 1. The Bertz CT molecular complexity index is 739. The summed E-state index contributed by atoms with van der Waals surface area (Å²) < 4.78 is 5.39. The fourth-order valence-electron chi connectivity index (χ4n) is 2.45. The molecule has 2 aromatic carbocycles. The number of alkyl halides is 1. The highest BCUT2D eigenvalue weighted by atomic mass is 35.5. The molecule has 0 atom stereocenters. The molecule has 2 N–H and O–H groups in total. The predicted molar refractivity (Wildman–Crippen MR) is 94.9 cm³/mol. The third kappa shape index (κ3) is 3.77. The average Bonchev–Trinajstić information content (AvgIpc) is 2.53. The lowest BCUT2D eigenvalue weighted by Gasteiger charge is -2.27. The van der Waals surface area contributed by atoms with Gasteiger partial charge in [0.25, 0.3) is 0 Å². The summed E-state index contributed by atoms with van der Waals surface area (Å²) in [4.78, 5) is 11.6. The maximum Gasteiger partial charge on any atom is 0.339 e. The van der Waals surface area contributed by atoms with E-state index in [2.05, 4.69) is 0 Å². The first-order valence-electron chi connectivity index (χ1n) is 7.33. The zero-order chi connectivity index (χ0) is 17.9. The Morgan fingerprint density at radius 1 is 1.17 bits per heavy atom. The van der Waals surface area contributed by atoms with Crippen molar-refractivity contribution in [2.45, 2.75) is 19.3 Å². The zero-order valence-electron chi connectivity index (χ0n) is 13.3. The van der Waals surface area contributed by atoms with Crippen molar-refractivity contribution in [1.29, 1.82) is 0 Å². The molecule has 0 aliphatic heterocycles. The number of carboxylic acid groups (broad SMARTS) is 1. The van der Waals surface area contributed by atoms with Crippen molar-refractivity contribution in [2.24, 2.45) is 0 Å². The fourth-order valence-corrected chi connectivity index (χ4v) is 2.80. The van der Waals surface area contributed by atoms with Gasteiger partial charge in [0.05, 0.1) is 10.9 Å². The summed E-state index contributed by atoms with van der Waals surface area (Å²) in [5.41, 5.74) is 1.14. The number of hydrogen-bond donors (Lipinski definition) is 2. The third-order valence-corrected chi connectivity index (χ3v) is 4.34. The van der Waals surface area contributed by atoms with Gasteiger partial charge in [-0.05, 0) is 35.4 Å². The SMILES string of the molecule is CC(C)(c1ccc(O)cc1)c1cc(Cl)c(OCCCl)c(C(=O)O)c1. The summed E-state index contributed by atoms with van der Waals surface area (Å²) in [5.74, 6) is -0.598. The lowest BCUT2D eigenvalue weighted by atomic mass is 9.77. The topological polar surface area (TPSA) is 66.8 Å². The Hall–Kier alpha value is -1.91. The predicted octanol–water partition coefficient (Wildman–Crippen LogP) is 4.69. The van der Waals surface area contributed by atoms with E-state index in [0.717, 1.165) is 11.1 Å². The van der Waals surface area contributed by atoms with E-state index in [1.807, 2.05) is 13.8 Å². The first-order valence-corrected chi connectivity index (χ1v) is 8.24. The Kier molecular flexibility index (Phi) is 5.62. The standard InChI is InChI=1S/C18H18Cl2O4/c1-18(2,11-3-5-13(21)6-4-11)12-9-14(17(22)23)16(15(20)10-12)24-8-7-19/h3-6,9-10,21H,7-8H2,1-2H3,(H,22,23). The molecule has 128 valence electrons. The maximum atomic E-state index is 11.6. The molecule has 2 aromatic rings. The van der Waals surface area contributed by atoms with Crippen LogP contribution in [0.4, 0.5) is 0 Å². The second-order valence-corrected chi connectivity index (χ2v) is 6.63. The number of ether oxygens (including phenoxy) is 1. The number of halogens is 2. The number of benzene rings is 2. The summed E-state index contributed by atoms with van der Waals surface area (Å²) in [6.07, 6.45) is 0. The van der Waals surface area contributed by atoms with Crippen LogP contribution in [0.3, 0.4) is 0 Å². The van der Waals surface area contributed by atoms with E-state index in [1.54, 1.807) is 36.4 Å². The van der Waals surface area contributed by atoms with Crippen molar-refractivity contribution >= 4 is 29.2 Å². The molecule has 0 bridgehead atoms. The van der Waals surface area contributed by atoms with Crippen molar-refractivity contribution in [3.8, 4) is 11.5 Å². The second-order valence-electron chi connectivity index (χ2n) is 5.85. The molecule has 0 aliphatic rings. The maximum absolute atomic E-state index is 11.6. The molecule has 0 spiro atoms. The number of carbonyl (C=O) groups is 1. The smallest absolute Gasteiger partial charge is 0.339 e. The summed E-state index contributed by atoms with van der Waals surface area (Å²) in [6, 6.07) is 10.0. The van der Waals surface area contributed by atoms with Gasteiger partial charge in [-0.25, -0.2) is 4.79 Å². The second kappa shape index (κ2) is 7.32. The molecule has 4 nitrogen and oxygen atoms in total. The summed E-state index contributed by atoms with van der Waals surface area (Å²) in [7, 11) is 0. The van der Waals surface area contributed by atoms with Crippen LogP contribution in [-0.2, 0) is 5.41 Å². The molecule has 0 unspecified atom stereocenters. The Labute approximate surface area is 150 Å². The van der Waals surface area contributed by atoms with Gasteiger partial charge in [0.2, 0.25) is 0 Å². The van der Waals surface area contributed by atoms with Crippen LogP contribution in [0.15, 0.2) is 36.4 Å². The van der Waals surface area contributed by atoms with Crippen molar-refractivity contribution < 1.29 is 19.7 Å². The highest BCUT2D eigenvalue weighted by molar-refractivity contribution is 6.32. The van der Waals surface area contributed by atoms with Gasteiger partial charge in [-0.3, -0.25) is 0 Å². The van der Waals surface area contributed by atoms with Gasteiger partial charge in [0.15, 0.2) is 5.75 Å².